The monoisotopic (exact) mass is 301 g/mol. The molecule has 0 radical (unpaired) electrons. The van der Waals surface area contributed by atoms with E-state index in [-0.39, 0.29) is 28.8 Å². The summed E-state index contributed by atoms with van der Waals surface area (Å²) >= 11 is 5.03. The van der Waals surface area contributed by atoms with Crippen molar-refractivity contribution in [1.29, 1.82) is 0 Å². The van der Waals surface area contributed by atoms with E-state index in [0.29, 0.717) is 0 Å². The van der Waals surface area contributed by atoms with Crippen molar-refractivity contribution in [3.8, 4) is 0 Å². The maximum atomic E-state index is 13.7. The molecular weight excluding hydrogens is 284 g/mol. The number of rotatable bonds is 5. The summed E-state index contributed by atoms with van der Waals surface area (Å²) in [7, 11) is 0. The van der Waals surface area contributed by atoms with Crippen LogP contribution in [0.5, 0.6) is 0 Å². The van der Waals surface area contributed by atoms with E-state index in [9.17, 15) is 13.6 Å². The second-order valence-corrected chi connectivity index (χ2v) is 4.95. The molecule has 0 aromatic heterocycles. The fraction of sp³-hybridized carbons (Fsp3) is 0.429. The number of thiocarbonyl (C=S) groups is 1. The zero-order valence-electron chi connectivity index (χ0n) is 11.6. The van der Waals surface area contributed by atoms with E-state index >= 15 is 0 Å². The van der Waals surface area contributed by atoms with Crippen LogP contribution in [-0.2, 0) is 16.0 Å². The number of amides is 1. The van der Waals surface area contributed by atoms with Crippen molar-refractivity contribution in [3.63, 3.8) is 0 Å². The average molecular weight is 301 g/mol. The molecule has 20 heavy (non-hydrogen) atoms. The standard InChI is InChI=1S/C14H17F2NO2S/c1-4-8(2)19-14(20)6-10-5-13(17-9(3)18)12(16)7-11(10)15/h5,7-8H,4,6H2,1-3H3,(H,17,18). The quantitative estimate of drug-likeness (QED) is 0.844. The van der Waals surface area contributed by atoms with Gasteiger partial charge in [0, 0.05) is 19.4 Å². The van der Waals surface area contributed by atoms with Gasteiger partial charge in [-0.2, -0.15) is 0 Å². The average Bonchev–Trinajstić information content (AvgIpc) is 2.34. The number of anilines is 1. The number of hydrogen-bond acceptors (Lipinski definition) is 3. The van der Waals surface area contributed by atoms with Crippen LogP contribution in [0.25, 0.3) is 0 Å². The summed E-state index contributed by atoms with van der Waals surface area (Å²) in [5.41, 5.74) is 0.115. The van der Waals surface area contributed by atoms with Gasteiger partial charge >= 0.3 is 0 Å². The van der Waals surface area contributed by atoms with Gasteiger partial charge in [-0.15, -0.1) is 0 Å². The topological polar surface area (TPSA) is 38.3 Å². The van der Waals surface area contributed by atoms with Crippen molar-refractivity contribution >= 4 is 28.9 Å². The lowest BCUT2D eigenvalue weighted by Gasteiger charge is -2.14. The van der Waals surface area contributed by atoms with Crippen molar-refractivity contribution in [3.05, 3.63) is 29.3 Å². The Kier molecular flexibility index (Phi) is 6.01. The van der Waals surface area contributed by atoms with E-state index in [4.69, 9.17) is 17.0 Å². The van der Waals surface area contributed by atoms with E-state index in [1.165, 1.54) is 13.0 Å². The Morgan fingerprint density at radius 3 is 2.60 bits per heavy atom. The Morgan fingerprint density at radius 1 is 1.40 bits per heavy atom. The number of carbonyl (C=O) groups excluding carboxylic acids is 1. The normalized spacial score (nSPS) is 11.8. The highest BCUT2D eigenvalue weighted by Crippen LogP contribution is 2.21. The minimum Gasteiger partial charge on any atom is -0.484 e. The minimum absolute atomic E-state index is 0.0539. The lowest BCUT2D eigenvalue weighted by molar-refractivity contribution is -0.114. The maximum Gasteiger partial charge on any atom is 0.221 e. The Hall–Kier alpha value is -1.56. The molecule has 0 fully saturated rings. The van der Waals surface area contributed by atoms with Crippen LogP contribution in [0.2, 0.25) is 0 Å². The van der Waals surface area contributed by atoms with E-state index in [1.807, 2.05) is 13.8 Å². The number of ether oxygens (including phenoxy) is 1. The van der Waals surface area contributed by atoms with Crippen molar-refractivity contribution in [1.82, 2.24) is 0 Å². The molecule has 6 heteroatoms. The van der Waals surface area contributed by atoms with Gasteiger partial charge < -0.3 is 10.1 Å². The number of halogens is 2. The molecule has 0 spiro atoms. The minimum atomic E-state index is -0.824. The molecule has 1 unspecified atom stereocenters. The highest BCUT2D eigenvalue weighted by atomic mass is 32.1. The Balaban J connectivity index is 2.89. The fourth-order valence-corrected chi connectivity index (χ4v) is 1.84. The van der Waals surface area contributed by atoms with Gasteiger partial charge in [-0.1, -0.05) is 6.92 Å². The number of carbonyl (C=O) groups is 1. The highest BCUT2D eigenvalue weighted by Gasteiger charge is 2.14. The lowest BCUT2D eigenvalue weighted by atomic mass is 10.1. The first-order valence-corrected chi connectivity index (χ1v) is 6.69. The molecule has 1 rings (SSSR count). The molecule has 0 saturated carbocycles. The third-order valence-electron chi connectivity index (χ3n) is 2.69. The van der Waals surface area contributed by atoms with Crippen molar-refractivity contribution in [2.45, 2.75) is 39.7 Å². The molecule has 0 saturated heterocycles. The van der Waals surface area contributed by atoms with Gasteiger partial charge in [0.05, 0.1) is 11.8 Å². The Bertz CT molecular complexity index is 520. The second kappa shape index (κ2) is 7.28. The third kappa shape index (κ3) is 4.85. The first-order valence-electron chi connectivity index (χ1n) is 6.28. The molecule has 1 amide bonds. The first kappa shape index (κ1) is 16.5. The highest BCUT2D eigenvalue weighted by molar-refractivity contribution is 7.80. The van der Waals surface area contributed by atoms with Crippen LogP contribution in [-0.4, -0.2) is 17.1 Å². The summed E-state index contributed by atoms with van der Waals surface area (Å²) in [6, 6.07) is 1.96. The predicted molar refractivity (Wildman–Crippen MR) is 77.8 cm³/mol. The van der Waals surface area contributed by atoms with E-state index in [0.717, 1.165) is 12.5 Å². The van der Waals surface area contributed by atoms with Crippen LogP contribution >= 0.6 is 12.2 Å². The molecule has 1 atom stereocenters. The first-order chi connectivity index (χ1) is 9.33. The predicted octanol–water partition coefficient (Wildman–Crippen LogP) is 3.61. The summed E-state index contributed by atoms with van der Waals surface area (Å²) in [6.45, 7) is 5.05. The van der Waals surface area contributed by atoms with Gasteiger partial charge in [0.1, 0.15) is 11.6 Å². The molecule has 1 aromatic carbocycles. The van der Waals surface area contributed by atoms with Crippen molar-refractivity contribution in [2.24, 2.45) is 0 Å². The van der Waals surface area contributed by atoms with E-state index in [2.05, 4.69) is 5.32 Å². The molecule has 0 heterocycles. The second-order valence-electron chi connectivity index (χ2n) is 4.49. The Morgan fingerprint density at radius 2 is 2.05 bits per heavy atom. The molecular formula is C14H17F2NO2S. The third-order valence-corrected chi connectivity index (χ3v) is 2.93. The molecule has 1 N–H and O–H groups in total. The summed E-state index contributed by atoms with van der Waals surface area (Å²) in [6.07, 6.45) is 0.780. The molecule has 3 nitrogen and oxygen atoms in total. The van der Waals surface area contributed by atoms with Gasteiger partial charge in [-0.3, -0.25) is 4.79 Å². The molecule has 0 aliphatic heterocycles. The summed E-state index contributed by atoms with van der Waals surface area (Å²) < 4.78 is 32.5. The summed E-state index contributed by atoms with van der Waals surface area (Å²) in [5, 5.41) is 2.54. The van der Waals surface area contributed by atoms with Crippen LogP contribution in [0, 0.1) is 11.6 Å². The lowest BCUT2D eigenvalue weighted by Crippen LogP contribution is -2.15. The smallest absolute Gasteiger partial charge is 0.221 e. The van der Waals surface area contributed by atoms with Crippen LogP contribution in [0.15, 0.2) is 12.1 Å². The number of nitrogens with one attached hydrogen (secondary N) is 1. The fourth-order valence-electron chi connectivity index (χ4n) is 1.52. The number of hydrogen-bond donors (Lipinski definition) is 1. The number of benzene rings is 1. The zero-order chi connectivity index (χ0) is 15.3. The van der Waals surface area contributed by atoms with Crippen molar-refractivity contribution < 1.29 is 18.3 Å². The Labute approximate surface area is 122 Å². The summed E-state index contributed by atoms with van der Waals surface area (Å²) in [4.78, 5) is 10.9. The molecule has 0 bridgehead atoms. The van der Waals surface area contributed by atoms with Gasteiger partial charge in [0.25, 0.3) is 0 Å². The molecule has 0 aliphatic rings. The summed E-state index contributed by atoms with van der Waals surface area (Å²) in [5.74, 6) is -1.97. The van der Waals surface area contributed by atoms with Crippen LogP contribution in [0.3, 0.4) is 0 Å². The molecule has 1 aromatic rings. The van der Waals surface area contributed by atoms with Crippen molar-refractivity contribution in [2.75, 3.05) is 5.32 Å². The molecule has 110 valence electrons. The largest absolute Gasteiger partial charge is 0.484 e. The van der Waals surface area contributed by atoms with E-state index < -0.39 is 17.5 Å². The van der Waals surface area contributed by atoms with E-state index in [1.54, 1.807) is 0 Å². The van der Waals surface area contributed by atoms with Gasteiger partial charge in [0.2, 0.25) is 5.91 Å². The molecule has 0 aliphatic carbocycles. The zero-order valence-corrected chi connectivity index (χ0v) is 12.4. The van der Waals surface area contributed by atoms with Gasteiger partial charge in [0.15, 0.2) is 5.05 Å². The van der Waals surface area contributed by atoms with Gasteiger partial charge in [-0.05, 0) is 37.2 Å². The SMILES string of the molecule is CCC(C)OC(=S)Cc1cc(NC(C)=O)c(F)cc1F. The van der Waals surface area contributed by atoms with Crippen LogP contribution in [0.4, 0.5) is 14.5 Å². The maximum absolute atomic E-state index is 13.7. The van der Waals surface area contributed by atoms with Crippen LogP contribution in [0.1, 0.15) is 32.8 Å². The van der Waals surface area contributed by atoms with Gasteiger partial charge in [-0.25, -0.2) is 8.78 Å². The van der Waals surface area contributed by atoms with Crippen LogP contribution < -0.4 is 5.32 Å².